The second kappa shape index (κ2) is 6.76. The Bertz CT molecular complexity index is 361. The van der Waals surface area contributed by atoms with E-state index in [0.717, 1.165) is 17.9 Å². The molecular formula is C15H23NO2. The topological polar surface area (TPSA) is 32.7 Å². The molecule has 1 aromatic carbocycles. The van der Waals surface area contributed by atoms with Gasteiger partial charge in [0, 0.05) is 12.1 Å². The molecule has 1 saturated heterocycles. The number of hydrogen-bond donors (Lipinski definition) is 1. The summed E-state index contributed by atoms with van der Waals surface area (Å²) in [6, 6.07) is 7.79. The van der Waals surface area contributed by atoms with Crippen LogP contribution in [0.5, 0.6) is 5.75 Å². The first kappa shape index (κ1) is 13.4. The van der Waals surface area contributed by atoms with Crippen molar-refractivity contribution in [2.45, 2.75) is 32.3 Å². The molecule has 0 saturated carbocycles. The van der Waals surface area contributed by atoms with Gasteiger partial charge < -0.3 is 9.84 Å². The lowest BCUT2D eigenvalue weighted by atomic mass is 10.1. The number of rotatable bonds is 6. The third-order valence-corrected chi connectivity index (χ3v) is 3.53. The molecular weight excluding hydrogens is 226 g/mol. The molecule has 3 heteroatoms. The van der Waals surface area contributed by atoms with E-state index in [4.69, 9.17) is 4.74 Å². The van der Waals surface area contributed by atoms with Crippen molar-refractivity contribution in [2.24, 2.45) is 0 Å². The first-order chi connectivity index (χ1) is 8.81. The number of hydrogen-bond acceptors (Lipinski definition) is 3. The van der Waals surface area contributed by atoms with Gasteiger partial charge in [-0.3, -0.25) is 4.90 Å². The second-order valence-electron chi connectivity index (χ2n) is 4.86. The van der Waals surface area contributed by atoms with E-state index in [0.29, 0.717) is 13.0 Å². The minimum atomic E-state index is -0.423. The Morgan fingerprint density at radius 3 is 2.72 bits per heavy atom. The number of ether oxygens (including phenoxy) is 1. The highest BCUT2D eigenvalue weighted by Crippen LogP contribution is 2.26. The van der Waals surface area contributed by atoms with Gasteiger partial charge in [0.2, 0.25) is 0 Å². The zero-order valence-electron chi connectivity index (χ0n) is 11.1. The van der Waals surface area contributed by atoms with Crippen LogP contribution >= 0.6 is 0 Å². The molecule has 2 rings (SSSR count). The van der Waals surface area contributed by atoms with E-state index in [1.165, 1.54) is 25.9 Å². The van der Waals surface area contributed by atoms with Crippen LogP contribution < -0.4 is 4.74 Å². The van der Waals surface area contributed by atoms with Gasteiger partial charge in [-0.05, 0) is 38.4 Å². The minimum absolute atomic E-state index is 0.423. The predicted molar refractivity (Wildman–Crippen MR) is 72.9 cm³/mol. The Morgan fingerprint density at radius 2 is 2.00 bits per heavy atom. The van der Waals surface area contributed by atoms with Crippen LogP contribution in [0.4, 0.5) is 0 Å². The number of benzene rings is 1. The Hall–Kier alpha value is -1.06. The maximum atomic E-state index is 9.93. The van der Waals surface area contributed by atoms with E-state index in [1.54, 1.807) is 0 Å². The highest BCUT2D eigenvalue weighted by atomic mass is 16.5. The van der Waals surface area contributed by atoms with E-state index in [-0.39, 0.29) is 0 Å². The van der Waals surface area contributed by atoms with Gasteiger partial charge in [-0.15, -0.1) is 0 Å². The number of nitrogens with zero attached hydrogens (tertiary/aromatic N) is 1. The molecule has 0 aliphatic carbocycles. The summed E-state index contributed by atoms with van der Waals surface area (Å²) in [5.41, 5.74) is 0.904. The smallest absolute Gasteiger partial charge is 0.125 e. The lowest BCUT2D eigenvalue weighted by molar-refractivity contribution is 0.164. The standard InChI is InChI=1S/C15H23NO2/c1-2-14(17)13-7-3-4-8-15(13)18-12-11-16-9-5-6-10-16/h3-4,7-8,14,17H,2,5-6,9-12H2,1H3. The Balaban J connectivity index is 1.87. The molecule has 1 aliphatic heterocycles. The quantitative estimate of drug-likeness (QED) is 0.841. The largest absolute Gasteiger partial charge is 0.492 e. The zero-order chi connectivity index (χ0) is 12.8. The summed E-state index contributed by atoms with van der Waals surface area (Å²) in [5, 5.41) is 9.93. The highest BCUT2D eigenvalue weighted by Gasteiger charge is 2.13. The van der Waals surface area contributed by atoms with Gasteiger partial charge in [-0.25, -0.2) is 0 Å². The molecule has 0 spiro atoms. The van der Waals surface area contributed by atoms with Gasteiger partial charge in [0.1, 0.15) is 12.4 Å². The molecule has 1 fully saturated rings. The monoisotopic (exact) mass is 249 g/mol. The summed E-state index contributed by atoms with van der Waals surface area (Å²) >= 11 is 0. The summed E-state index contributed by atoms with van der Waals surface area (Å²) in [6.45, 7) is 6.06. The van der Waals surface area contributed by atoms with Gasteiger partial charge in [0.05, 0.1) is 6.10 Å². The SMILES string of the molecule is CCC(O)c1ccccc1OCCN1CCCC1. The first-order valence-corrected chi connectivity index (χ1v) is 6.93. The molecule has 0 radical (unpaired) electrons. The van der Waals surface area contributed by atoms with Gasteiger partial charge in [0.25, 0.3) is 0 Å². The zero-order valence-corrected chi connectivity index (χ0v) is 11.1. The number of aliphatic hydroxyl groups is 1. The van der Waals surface area contributed by atoms with Crippen molar-refractivity contribution in [3.63, 3.8) is 0 Å². The van der Waals surface area contributed by atoms with Crippen molar-refractivity contribution in [1.82, 2.24) is 4.90 Å². The Morgan fingerprint density at radius 1 is 1.28 bits per heavy atom. The molecule has 1 unspecified atom stereocenters. The molecule has 1 aromatic rings. The highest BCUT2D eigenvalue weighted by molar-refractivity contribution is 5.34. The van der Waals surface area contributed by atoms with Crippen LogP contribution in [0.15, 0.2) is 24.3 Å². The average Bonchev–Trinajstić information content (AvgIpc) is 2.92. The second-order valence-corrected chi connectivity index (χ2v) is 4.86. The van der Waals surface area contributed by atoms with Crippen LogP contribution in [-0.2, 0) is 0 Å². The minimum Gasteiger partial charge on any atom is -0.492 e. The summed E-state index contributed by atoms with van der Waals surface area (Å²) in [5.74, 6) is 0.825. The summed E-state index contributed by atoms with van der Waals surface area (Å²) in [4.78, 5) is 2.43. The van der Waals surface area contributed by atoms with Gasteiger partial charge in [-0.1, -0.05) is 25.1 Å². The van der Waals surface area contributed by atoms with Crippen molar-refractivity contribution in [3.05, 3.63) is 29.8 Å². The molecule has 0 amide bonds. The fourth-order valence-electron chi connectivity index (χ4n) is 2.40. The molecule has 18 heavy (non-hydrogen) atoms. The summed E-state index contributed by atoms with van der Waals surface area (Å²) < 4.78 is 5.82. The Labute approximate surface area is 109 Å². The fourth-order valence-corrected chi connectivity index (χ4v) is 2.40. The maximum Gasteiger partial charge on any atom is 0.125 e. The number of likely N-dealkylation sites (tertiary alicyclic amines) is 1. The molecule has 1 heterocycles. The van der Waals surface area contributed by atoms with E-state index in [9.17, 15) is 5.11 Å². The molecule has 1 aliphatic rings. The van der Waals surface area contributed by atoms with Crippen molar-refractivity contribution in [2.75, 3.05) is 26.2 Å². The molecule has 0 aromatic heterocycles. The number of para-hydroxylation sites is 1. The van der Waals surface area contributed by atoms with Gasteiger partial charge >= 0.3 is 0 Å². The molecule has 1 N–H and O–H groups in total. The third-order valence-electron chi connectivity index (χ3n) is 3.53. The number of aliphatic hydroxyl groups excluding tert-OH is 1. The first-order valence-electron chi connectivity index (χ1n) is 6.93. The lowest BCUT2D eigenvalue weighted by Gasteiger charge is -2.18. The maximum absolute atomic E-state index is 9.93. The van der Waals surface area contributed by atoms with Crippen molar-refractivity contribution < 1.29 is 9.84 Å². The Kier molecular flexibility index (Phi) is 5.02. The molecule has 0 bridgehead atoms. The lowest BCUT2D eigenvalue weighted by Crippen LogP contribution is -2.25. The van der Waals surface area contributed by atoms with Crippen LogP contribution in [0.3, 0.4) is 0 Å². The van der Waals surface area contributed by atoms with Crippen molar-refractivity contribution >= 4 is 0 Å². The van der Waals surface area contributed by atoms with E-state index < -0.39 is 6.10 Å². The van der Waals surface area contributed by atoms with E-state index in [1.807, 2.05) is 31.2 Å². The van der Waals surface area contributed by atoms with E-state index in [2.05, 4.69) is 4.90 Å². The summed E-state index contributed by atoms with van der Waals surface area (Å²) in [7, 11) is 0. The molecule has 100 valence electrons. The van der Waals surface area contributed by atoms with E-state index >= 15 is 0 Å². The third kappa shape index (κ3) is 3.47. The average molecular weight is 249 g/mol. The normalized spacial score (nSPS) is 17.9. The van der Waals surface area contributed by atoms with Crippen LogP contribution in [0.25, 0.3) is 0 Å². The van der Waals surface area contributed by atoms with Gasteiger partial charge in [0.15, 0.2) is 0 Å². The fraction of sp³-hybridized carbons (Fsp3) is 0.600. The predicted octanol–water partition coefficient (Wildman–Crippen LogP) is 2.60. The molecule has 1 atom stereocenters. The summed E-state index contributed by atoms with van der Waals surface area (Å²) in [6.07, 6.45) is 2.91. The van der Waals surface area contributed by atoms with Crippen LogP contribution in [0.1, 0.15) is 37.9 Å². The van der Waals surface area contributed by atoms with Crippen molar-refractivity contribution in [3.8, 4) is 5.75 Å². The van der Waals surface area contributed by atoms with Crippen LogP contribution in [0, 0.1) is 0 Å². The van der Waals surface area contributed by atoms with Crippen LogP contribution in [-0.4, -0.2) is 36.2 Å². The van der Waals surface area contributed by atoms with Gasteiger partial charge in [-0.2, -0.15) is 0 Å². The van der Waals surface area contributed by atoms with Crippen LogP contribution in [0.2, 0.25) is 0 Å². The molecule has 3 nitrogen and oxygen atoms in total. The van der Waals surface area contributed by atoms with Crippen molar-refractivity contribution in [1.29, 1.82) is 0 Å².